The molecule has 0 aliphatic carbocycles. The number of carbonyl (C=O) groups is 2. The quantitative estimate of drug-likeness (QED) is 0.509. The third kappa shape index (κ3) is 6.65. The van der Waals surface area contributed by atoms with Crippen LogP contribution in [0.3, 0.4) is 0 Å². The van der Waals surface area contributed by atoms with Crippen LogP contribution in [0.1, 0.15) is 34.3 Å². The number of rotatable bonds is 10. The van der Waals surface area contributed by atoms with Crippen LogP contribution in [0.2, 0.25) is 0 Å². The Labute approximate surface area is 179 Å². The first-order valence-electron chi connectivity index (χ1n) is 9.93. The molecule has 0 spiro atoms. The second kappa shape index (κ2) is 11.8. The minimum absolute atomic E-state index is 0.0156. The standard InChI is InChI=1S/C19H29N3O5S2/c1-25-7-8-26-9-10-27-12-17(23)21-4-2-15(3-5-21)18-20-16(13-29-18)19(24)22-6-11-28-14-22/h13,15H,2-12,14H2,1H3. The Morgan fingerprint density at radius 1 is 1.10 bits per heavy atom. The minimum Gasteiger partial charge on any atom is -0.382 e. The molecular formula is C19H29N3O5S2. The molecule has 162 valence electrons. The van der Waals surface area contributed by atoms with Crippen LogP contribution in [0.4, 0.5) is 0 Å². The number of ether oxygens (including phenoxy) is 3. The van der Waals surface area contributed by atoms with E-state index in [1.807, 2.05) is 15.2 Å². The summed E-state index contributed by atoms with van der Waals surface area (Å²) in [7, 11) is 1.63. The van der Waals surface area contributed by atoms with Gasteiger partial charge in [0.2, 0.25) is 5.91 Å². The third-order valence-electron chi connectivity index (χ3n) is 5.01. The summed E-state index contributed by atoms with van der Waals surface area (Å²) in [6.45, 7) is 4.23. The van der Waals surface area contributed by atoms with E-state index in [1.165, 1.54) is 0 Å². The van der Waals surface area contributed by atoms with Crippen LogP contribution in [-0.2, 0) is 19.0 Å². The van der Waals surface area contributed by atoms with Crippen molar-refractivity contribution in [2.24, 2.45) is 0 Å². The van der Waals surface area contributed by atoms with Crippen LogP contribution in [0, 0.1) is 0 Å². The summed E-state index contributed by atoms with van der Waals surface area (Å²) in [6, 6.07) is 0. The van der Waals surface area contributed by atoms with Gasteiger partial charge in [-0.2, -0.15) is 0 Å². The van der Waals surface area contributed by atoms with Crippen molar-refractivity contribution in [1.82, 2.24) is 14.8 Å². The average molecular weight is 444 g/mol. The molecule has 29 heavy (non-hydrogen) atoms. The van der Waals surface area contributed by atoms with E-state index in [2.05, 4.69) is 4.98 Å². The zero-order chi connectivity index (χ0) is 20.5. The summed E-state index contributed by atoms with van der Waals surface area (Å²) in [5, 5.41) is 2.89. The molecule has 1 aromatic heterocycles. The molecule has 0 unspecified atom stereocenters. The van der Waals surface area contributed by atoms with Gasteiger partial charge in [-0.1, -0.05) is 0 Å². The summed E-state index contributed by atoms with van der Waals surface area (Å²) in [5.74, 6) is 2.12. The highest BCUT2D eigenvalue weighted by Gasteiger charge is 2.27. The van der Waals surface area contributed by atoms with Gasteiger partial charge in [0.1, 0.15) is 12.3 Å². The van der Waals surface area contributed by atoms with Gasteiger partial charge in [0.15, 0.2) is 0 Å². The van der Waals surface area contributed by atoms with Crippen molar-refractivity contribution in [3.05, 3.63) is 16.1 Å². The monoisotopic (exact) mass is 443 g/mol. The highest BCUT2D eigenvalue weighted by atomic mass is 32.2. The SMILES string of the molecule is COCCOCCOCC(=O)N1CCC(c2nc(C(=O)N3CCSC3)cs2)CC1. The molecule has 3 heterocycles. The summed E-state index contributed by atoms with van der Waals surface area (Å²) in [5.41, 5.74) is 0.562. The number of amides is 2. The molecule has 2 amide bonds. The lowest BCUT2D eigenvalue weighted by molar-refractivity contribution is -0.137. The fourth-order valence-electron chi connectivity index (χ4n) is 3.30. The number of carbonyl (C=O) groups excluding carboxylic acids is 2. The second-order valence-corrected chi connectivity index (χ2v) is 8.95. The van der Waals surface area contributed by atoms with Gasteiger partial charge < -0.3 is 24.0 Å². The molecule has 10 heteroatoms. The van der Waals surface area contributed by atoms with Crippen LogP contribution in [-0.4, -0.2) is 98.0 Å². The first kappa shape index (κ1) is 22.5. The lowest BCUT2D eigenvalue weighted by Crippen LogP contribution is -2.40. The molecule has 3 rings (SSSR count). The van der Waals surface area contributed by atoms with Crippen molar-refractivity contribution in [3.63, 3.8) is 0 Å². The lowest BCUT2D eigenvalue weighted by Gasteiger charge is -2.31. The number of aromatic nitrogens is 1. The maximum absolute atomic E-state index is 12.5. The molecule has 2 fully saturated rings. The third-order valence-corrected chi connectivity index (χ3v) is 6.98. The predicted octanol–water partition coefficient (Wildman–Crippen LogP) is 1.68. The zero-order valence-electron chi connectivity index (χ0n) is 16.8. The number of methoxy groups -OCH3 is 1. The minimum atomic E-state index is 0.0156. The van der Waals surface area contributed by atoms with Gasteiger partial charge in [0.25, 0.3) is 5.91 Å². The van der Waals surface area contributed by atoms with Gasteiger partial charge in [-0.15, -0.1) is 23.1 Å². The number of thiazole rings is 1. The maximum atomic E-state index is 12.5. The lowest BCUT2D eigenvalue weighted by atomic mass is 9.97. The van der Waals surface area contributed by atoms with Gasteiger partial charge in [-0.3, -0.25) is 9.59 Å². The summed E-state index contributed by atoms with van der Waals surface area (Å²) >= 11 is 3.34. The number of nitrogens with zero attached hydrogens (tertiary/aromatic N) is 3. The molecule has 0 atom stereocenters. The Morgan fingerprint density at radius 2 is 1.86 bits per heavy atom. The summed E-state index contributed by atoms with van der Waals surface area (Å²) in [4.78, 5) is 33.1. The molecule has 1 aromatic rings. The van der Waals surface area contributed by atoms with Crippen LogP contribution in [0.5, 0.6) is 0 Å². The fraction of sp³-hybridized carbons (Fsp3) is 0.737. The maximum Gasteiger partial charge on any atom is 0.274 e. The van der Waals surface area contributed by atoms with E-state index in [1.54, 1.807) is 30.2 Å². The molecular weight excluding hydrogens is 414 g/mol. The number of hydrogen-bond donors (Lipinski definition) is 0. The van der Waals surface area contributed by atoms with E-state index >= 15 is 0 Å². The second-order valence-electron chi connectivity index (χ2n) is 6.99. The molecule has 0 saturated carbocycles. The van der Waals surface area contributed by atoms with Crippen LogP contribution in [0.25, 0.3) is 0 Å². The Bertz CT molecular complexity index is 658. The van der Waals surface area contributed by atoms with Crippen molar-refractivity contribution >= 4 is 34.9 Å². The highest BCUT2D eigenvalue weighted by Crippen LogP contribution is 2.31. The summed E-state index contributed by atoms with van der Waals surface area (Å²) < 4.78 is 15.6. The molecule has 2 saturated heterocycles. The molecule has 0 radical (unpaired) electrons. The van der Waals surface area contributed by atoms with Gasteiger partial charge >= 0.3 is 0 Å². The fourth-order valence-corrected chi connectivity index (χ4v) is 5.21. The highest BCUT2D eigenvalue weighted by molar-refractivity contribution is 7.99. The van der Waals surface area contributed by atoms with Gasteiger partial charge in [-0.05, 0) is 12.8 Å². The Kier molecular flexibility index (Phi) is 9.19. The molecule has 0 bridgehead atoms. The zero-order valence-corrected chi connectivity index (χ0v) is 18.5. The molecule has 0 N–H and O–H groups in total. The number of likely N-dealkylation sites (tertiary alicyclic amines) is 1. The topological polar surface area (TPSA) is 81.2 Å². The van der Waals surface area contributed by atoms with Crippen LogP contribution in [0.15, 0.2) is 5.38 Å². The molecule has 8 nitrogen and oxygen atoms in total. The van der Waals surface area contributed by atoms with E-state index in [-0.39, 0.29) is 18.4 Å². The Balaban J connectivity index is 1.36. The first-order valence-corrected chi connectivity index (χ1v) is 12.0. The molecule has 0 aromatic carbocycles. The number of hydrogen-bond acceptors (Lipinski definition) is 8. The number of thioether (sulfide) groups is 1. The van der Waals surface area contributed by atoms with Gasteiger partial charge in [0, 0.05) is 43.8 Å². The van der Waals surface area contributed by atoms with Crippen molar-refractivity contribution in [2.75, 3.05) is 71.4 Å². The predicted molar refractivity (Wildman–Crippen MR) is 113 cm³/mol. The van der Waals surface area contributed by atoms with Crippen molar-refractivity contribution in [3.8, 4) is 0 Å². The largest absolute Gasteiger partial charge is 0.382 e. The normalized spacial score (nSPS) is 17.8. The van der Waals surface area contributed by atoms with Gasteiger partial charge in [0.05, 0.1) is 37.3 Å². The van der Waals surface area contributed by atoms with E-state index in [4.69, 9.17) is 14.2 Å². The Hall–Kier alpha value is -1.20. The Morgan fingerprint density at radius 3 is 2.59 bits per heavy atom. The van der Waals surface area contributed by atoms with Crippen LogP contribution >= 0.6 is 23.1 Å². The summed E-state index contributed by atoms with van der Waals surface area (Å²) in [6.07, 6.45) is 1.74. The van der Waals surface area contributed by atoms with E-state index < -0.39 is 0 Å². The molecule has 2 aliphatic rings. The van der Waals surface area contributed by atoms with E-state index in [0.29, 0.717) is 51.1 Å². The van der Waals surface area contributed by atoms with Crippen LogP contribution < -0.4 is 0 Å². The van der Waals surface area contributed by atoms with Crippen molar-refractivity contribution in [1.29, 1.82) is 0 Å². The smallest absolute Gasteiger partial charge is 0.274 e. The van der Waals surface area contributed by atoms with Crippen molar-refractivity contribution in [2.45, 2.75) is 18.8 Å². The van der Waals surface area contributed by atoms with Gasteiger partial charge in [-0.25, -0.2) is 4.98 Å². The van der Waals surface area contributed by atoms with E-state index in [0.717, 1.165) is 36.0 Å². The first-order chi connectivity index (χ1) is 14.2. The number of piperidine rings is 1. The van der Waals surface area contributed by atoms with Crippen molar-refractivity contribution < 1.29 is 23.8 Å². The van der Waals surface area contributed by atoms with E-state index in [9.17, 15) is 9.59 Å². The molecule has 2 aliphatic heterocycles. The average Bonchev–Trinajstić information content (AvgIpc) is 3.45.